The molecule has 10 atom stereocenters. The number of carboxylic acid groups (broad SMARTS) is 1. The number of esters is 4. The molecule has 1 saturated heterocycles. The van der Waals surface area contributed by atoms with Crippen molar-refractivity contribution in [3.63, 3.8) is 0 Å². The number of hydrogen-bond donors (Lipinski definition) is 10. The first kappa shape index (κ1) is 109. The number of aliphatic carboxylic acids is 1. The summed E-state index contributed by atoms with van der Waals surface area (Å²) < 4.78 is 77.9. The Morgan fingerprint density at radius 2 is 1.09 bits per heavy atom. The Hall–Kier alpha value is -7.01. The fraction of sp³-hybridized carbons (Fsp3) is 0.718. The number of aliphatic hydroxyl groups is 5. The summed E-state index contributed by atoms with van der Waals surface area (Å²) in [5, 5.41) is 60.8. The third kappa shape index (κ3) is 45.0. The summed E-state index contributed by atoms with van der Waals surface area (Å²) >= 11 is 3.33. The van der Waals surface area contributed by atoms with E-state index in [1.165, 1.54) is 88.8 Å². The quantitative estimate of drug-likeness (QED) is 0.00803. The van der Waals surface area contributed by atoms with Gasteiger partial charge in [0, 0.05) is 121 Å². The summed E-state index contributed by atoms with van der Waals surface area (Å²) in [6.07, 6.45) is 3.01. The van der Waals surface area contributed by atoms with Gasteiger partial charge in [0.1, 0.15) is 56.5 Å². The van der Waals surface area contributed by atoms with Crippen LogP contribution in [-0.2, 0) is 117 Å². The van der Waals surface area contributed by atoms with Gasteiger partial charge >= 0.3 is 29.8 Å². The van der Waals surface area contributed by atoms with E-state index in [9.17, 15) is 72.1 Å². The Labute approximate surface area is 706 Å². The summed E-state index contributed by atoms with van der Waals surface area (Å²) in [6.45, 7) is 11.5. The largest absolute Gasteiger partial charge is 0.481 e. The normalized spacial score (nSPS) is 16.7. The highest BCUT2D eigenvalue weighted by Gasteiger charge is 2.40. The van der Waals surface area contributed by atoms with E-state index >= 15 is 0 Å². The molecule has 1 aromatic heterocycles. The Balaban J connectivity index is 0.000000886. The average Bonchev–Trinajstić information content (AvgIpc) is 0.954. The van der Waals surface area contributed by atoms with Gasteiger partial charge in [0.2, 0.25) is 23.6 Å². The number of Topliss-reactive ketones (excluding diaryl/α,β-unsaturated/α-hetero) is 1. The van der Waals surface area contributed by atoms with Gasteiger partial charge in [0.25, 0.3) is 11.5 Å². The highest BCUT2D eigenvalue weighted by Crippen LogP contribution is 2.33. The van der Waals surface area contributed by atoms with Crippen LogP contribution in [0.15, 0.2) is 29.1 Å². The fourth-order valence-corrected chi connectivity index (χ4v) is 12.4. The molecular weight excluding hydrogens is 1690 g/mol. The Kier molecular flexibility index (Phi) is 59.0. The number of nitrogens with zero attached hydrogens (tertiary/aromatic N) is 2. The minimum atomic E-state index is -0.999. The molecule has 0 spiro atoms. The first-order valence-electron chi connectivity index (χ1n) is 39.4. The van der Waals surface area contributed by atoms with Gasteiger partial charge in [-0.3, -0.25) is 67.0 Å². The van der Waals surface area contributed by atoms with Gasteiger partial charge in [-0.15, -0.1) is 11.8 Å². The molecule has 2 heterocycles. The lowest BCUT2D eigenvalue weighted by Gasteiger charge is -2.30. The lowest BCUT2D eigenvalue weighted by molar-refractivity contribution is -0.194. The zero-order valence-corrected chi connectivity index (χ0v) is 72.8. The number of aliphatic hydroxyl groups excluding tert-OH is 5. The van der Waals surface area contributed by atoms with Gasteiger partial charge in [-0.2, -0.15) is 0 Å². The number of carboxylic acids is 1. The molecule has 2 fully saturated rings. The molecule has 1 aliphatic heterocycles. The van der Waals surface area contributed by atoms with E-state index in [2.05, 4.69) is 21.4 Å². The number of likely N-dealkylation sites (tertiary alicyclic amines) is 1. The standard InChI is InChI=1S/C31H42FIN4O11.C28H46N2O9S.C12H22O7.C7H16O4/c1-6-21(16-38)48-27(44-5)17-46-26(40)9-7-8-25(39)34-19(3)31(43)45-12-13-47-36-29(41)22-14-18(2)30(42)37(4)28(22)35-24-11-10-20(33)15-23(24)32;1-4-21(17-31)39-27(37-3)18-38-26(35)8-6-7-24(33)29-13-14-40-23-15-25(34)30(28(23)36)16-19-9-11-20(12-10-19)22(32)5-2;1-3-9(7-13)19-12(17-2)8-18-11(16)6-4-5-10(14)15;1-3-6(4-8)11-7(5-9)10-2/h10-11,14-15,19,21,27,35,38H,6-9,12-13,16-17H2,1-5H3,(H,34,39)(H,36,41);19-21,23,27,31H,4-18H2,1-3H3,(H,29,33);9,12-13H,3-8H2,1-2H3,(H,14,15);6-9H,3-5H2,1-2H3. The predicted molar refractivity (Wildman–Crippen MR) is 433 cm³/mol. The molecule has 10 unspecified atom stereocenters. The molecule has 1 aromatic carbocycles. The number of aromatic nitrogens is 1. The van der Waals surface area contributed by atoms with Crippen LogP contribution in [0.1, 0.15) is 179 Å². The van der Waals surface area contributed by atoms with E-state index in [1.807, 2.05) is 57.2 Å². The number of amides is 5. The Morgan fingerprint density at radius 1 is 0.619 bits per heavy atom. The van der Waals surface area contributed by atoms with Crippen molar-refractivity contribution in [2.24, 2.45) is 18.9 Å². The van der Waals surface area contributed by atoms with Crippen LogP contribution in [0, 0.1) is 28.1 Å². The van der Waals surface area contributed by atoms with E-state index in [1.54, 1.807) is 6.07 Å². The number of thioether (sulfide) groups is 1. The van der Waals surface area contributed by atoms with Crippen molar-refractivity contribution in [2.45, 2.75) is 231 Å². The molecule has 2 aromatic rings. The molecule has 118 heavy (non-hydrogen) atoms. The van der Waals surface area contributed by atoms with Crippen molar-refractivity contribution in [1.29, 1.82) is 0 Å². The third-order valence-corrected chi connectivity index (χ3v) is 20.0. The Morgan fingerprint density at radius 3 is 1.53 bits per heavy atom. The molecule has 674 valence electrons. The summed E-state index contributed by atoms with van der Waals surface area (Å²) in [6, 6.07) is 4.78. The highest BCUT2D eigenvalue weighted by atomic mass is 127. The summed E-state index contributed by atoms with van der Waals surface area (Å²) in [5.41, 5.74) is 2.15. The van der Waals surface area contributed by atoms with Crippen LogP contribution in [0.4, 0.5) is 15.9 Å². The van der Waals surface area contributed by atoms with Crippen LogP contribution in [0.2, 0.25) is 0 Å². The van der Waals surface area contributed by atoms with Crippen molar-refractivity contribution in [1.82, 2.24) is 25.6 Å². The number of carbonyl (C=O) groups is 11. The number of hydrogen-bond acceptors (Lipinski definition) is 32. The molecule has 1 aliphatic carbocycles. The topological polar surface area (TPSA) is 502 Å². The van der Waals surface area contributed by atoms with Crippen molar-refractivity contribution in [3.8, 4) is 0 Å². The second kappa shape index (κ2) is 63.9. The number of carbonyl (C=O) groups excluding carboxylic acids is 10. The zero-order chi connectivity index (χ0) is 88.7. The zero-order valence-electron chi connectivity index (χ0n) is 69.8. The second-order valence-electron chi connectivity index (χ2n) is 27.0. The fourth-order valence-electron chi connectivity index (χ4n) is 10.9. The first-order valence-corrected chi connectivity index (χ1v) is 41.5. The third-order valence-electron chi connectivity index (χ3n) is 18.1. The maximum Gasteiger partial charge on any atom is 0.328 e. The van der Waals surface area contributed by atoms with Crippen LogP contribution < -0.4 is 27.0 Å². The van der Waals surface area contributed by atoms with E-state index in [0.29, 0.717) is 66.7 Å². The summed E-state index contributed by atoms with van der Waals surface area (Å²) in [4.78, 5) is 151. The van der Waals surface area contributed by atoms with Gasteiger partial charge in [-0.05, 0) is 137 Å². The van der Waals surface area contributed by atoms with Crippen molar-refractivity contribution in [3.05, 3.63) is 55.1 Å². The average molecular weight is 1820 g/mol. The number of imide groups is 1. The molecule has 1 saturated carbocycles. The number of nitrogens with one attached hydrogen (secondary N) is 4. The predicted octanol–water partition coefficient (Wildman–Crippen LogP) is 4.87. The number of anilines is 2. The number of hydroxylamine groups is 1. The number of pyridine rings is 1. The van der Waals surface area contributed by atoms with Gasteiger partial charge in [0.05, 0.1) is 74.0 Å². The van der Waals surface area contributed by atoms with Gasteiger partial charge in [0.15, 0.2) is 25.2 Å². The molecule has 5 amide bonds. The van der Waals surface area contributed by atoms with Gasteiger partial charge < -0.3 is 103 Å². The van der Waals surface area contributed by atoms with Crippen LogP contribution in [0.5, 0.6) is 0 Å². The molecule has 37 nitrogen and oxygen atoms in total. The van der Waals surface area contributed by atoms with E-state index in [0.717, 1.165) is 25.7 Å². The van der Waals surface area contributed by atoms with Crippen molar-refractivity contribution >= 4 is 111 Å². The van der Waals surface area contributed by atoms with Gasteiger partial charge in [-0.1, -0.05) is 34.6 Å². The number of ketones is 1. The minimum absolute atomic E-state index is 0.00508. The van der Waals surface area contributed by atoms with E-state index < -0.39 is 96.1 Å². The molecule has 10 N–H and O–H groups in total. The van der Waals surface area contributed by atoms with Crippen LogP contribution in [-0.4, -0.2) is 279 Å². The molecule has 0 radical (unpaired) electrons. The van der Waals surface area contributed by atoms with E-state index in [-0.39, 0.29) is 194 Å². The lowest BCUT2D eigenvalue weighted by atomic mass is 9.79. The first-order chi connectivity index (χ1) is 56.3. The highest BCUT2D eigenvalue weighted by molar-refractivity contribution is 14.1. The van der Waals surface area contributed by atoms with Crippen molar-refractivity contribution < 1.29 is 149 Å². The molecule has 40 heteroatoms. The van der Waals surface area contributed by atoms with Crippen LogP contribution >= 0.6 is 34.4 Å². The van der Waals surface area contributed by atoms with Crippen LogP contribution in [0.3, 0.4) is 0 Å². The summed E-state index contributed by atoms with van der Waals surface area (Å²) in [7, 11) is 7.10. The number of rotatable bonds is 56. The van der Waals surface area contributed by atoms with Crippen LogP contribution in [0.25, 0.3) is 0 Å². The molecular formula is C78H126FIN6O31S. The lowest BCUT2D eigenvalue weighted by Crippen LogP contribution is -2.40. The number of benzene rings is 1. The Bertz CT molecular complexity index is 3350. The van der Waals surface area contributed by atoms with E-state index in [4.69, 9.17) is 82.1 Å². The second-order valence-corrected chi connectivity index (χ2v) is 29.5. The monoisotopic (exact) mass is 1820 g/mol. The minimum Gasteiger partial charge on any atom is -0.481 e. The maximum atomic E-state index is 14.5. The number of methoxy groups -OCH3 is 4. The van der Waals surface area contributed by atoms with Crippen molar-refractivity contribution in [2.75, 3.05) is 119 Å². The molecule has 2 aliphatic rings. The van der Waals surface area contributed by atoms with Gasteiger partial charge in [-0.25, -0.2) is 14.7 Å². The number of ether oxygens (including phenoxy) is 12. The SMILES string of the molecule is CCC(=O)C1CCC(CN2C(=O)CC(SCCNC(=O)CCCC(=O)OCC(OC)OC(CC)CO)C2=O)CC1.CCC(CO)OC(CO)OC.CCC(CO)OC(COC(=O)CCCC(=O)NC(C)C(=O)OCCONC(=O)c1cc(C)c(=O)n(C)c1Nc1ccc(I)cc1F)OC.CCC(CO)OC(COC(=O)CCCC(=O)O)OC. The number of aryl methyl sites for hydroxylation is 1. The number of halogens is 2. The molecule has 0 bridgehead atoms. The summed E-state index contributed by atoms with van der Waals surface area (Å²) in [5.74, 6) is -4.31. The maximum absolute atomic E-state index is 14.5. The smallest absolute Gasteiger partial charge is 0.328 e. The molecule has 4 rings (SSSR count).